The van der Waals surface area contributed by atoms with Crippen molar-refractivity contribution in [3.8, 4) is 0 Å². The summed E-state index contributed by atoms with van der Waals surface area (Å²) in [5.41, 5.74) is 0. The van der Waals surface area contributed by atoms with Crippen LogP contribution in [0.3, 0.4) is 0 Å². The number of carbonyl (C=O) groups is 3. The van der Waals surface area contributed by atoms with Crippen molar-refractivity contribution in [1.29, 1.82) is 0 Å². The lowest BCUT2D eigenvalue weighted by Gasteiger charge is -2.36. The standard InChI is InChI=1S/C13H23N3O5/c1-4-21-13(20)16-7-5-15(6-8-16)12(19)14(3)9-10(2)11(17)18/h10H,4-9H2,1-3H3,(H,17,18). The van der Waals surface area contributed by atoms with Gasteiger partial charge in [-0.1, -0.05) is 6.92 Å². The fraction of sp³-hybridized carbons (Fsp3) is 0.769. The summed E-state index contributed by atoms with van der Waals surface area (Å²) in [5, 5.41) is 8.86. The predicted octanol–water partition coefficient (Wildman–Crippen LogP) is 0.533. The molecule has 1 saturated heterocycles. The number of hydrogen-bond donors (Lipinski definition) is 1. The van der Waals surface area contributed by atoms with Crippen molar-refractivity contribution in [2.75, 3.05) is 46.4 Å². The summed E-state index contributed by atoms with van der Waals surface area (Å²) in [6.07, 6.45) is -0.363. The number of urea groups is 1. The molecule has 1 rings (SSSR count). The van der Waals surface area contributed by atoms with Gasteiger partial charge in [-0.3, -0.25) is 4.79 Å². The first-order valence-electron chi connectivity index (χ1n) is 7.01. The highest BCUT2D eigenvalue weighted by molar-refractivity contribution is 5.76. The second-order valence-corrected chi connectivity index (χ2v) is 5.08. The number of carboxylic acid groups (broad SMARTS) is 1. The molecule has 1 fully saturated rings. The van der Waals surface area contributed by atoms with Crippen LogP contribution >= 0.6 is 0 Å². The van der Waals surface area contributed by atoms with Crippen LogP contribution in [-0.4, -0.2) is 84.3 Å². The average molecular weight is 301 g/mol. The lowest BCUT2D eigenvalue weighted by molar-refractivity contribution is -0.141. The fourth-order valence-corrected chi connectivity index (χ4v) is 2.10. The van der Waals surface area contributed by atoms with Gasteiger partial charge in [0.25, 0.3) is 0 Å². The Labute approximate surface area is 124 Å². The van der Waals surface area contributed by atoms with E-state index in [0.717, 1.165) is 0 Å². The van der Waals surface area contributed by atoms with E-state index in [9.17, 15) is 14.4 Å². The maximum atomic E-state index is 12.2. The topological polar surface area (TPSA) is 90.4 Å². The van der Waals surface area contributed by atoms with Gasteiger partial charge >= 0.3 is 18.1 Å². The number of piperazine rings is 1. The van der Waals surface area contributed by atoms with Crippen LogP contribution in [0.5, 0.6) is 0 Å². The highest BCUT2D eigenvalue weighted by atomic mass is 16.6. The minimum atomic E-state index is -0.929. The zero-order valence-corrected chi connectivity index (χ0v) is 12.7. The molecule has 0 radical (unpaired) electrons. The van der Waals surface area contributed by atoms with Crippen molar-refractivity contribution < 1.29 is 24.2 Å². The Bertz CT molecular complexity index is 393. The van der Waals surface area contributed by atoms with Gasteiger partial charge in [0, 0.05) is 39.8 Å². The van der Waals surface area contributed by atoms with Crippen molar-refractivity contribution >= 4 is 18.1 Å². The number of amides is 3. The Morgan fingerprint density at radius 2 is 1.71 bits per heavy atom. The van der Waals surface area contributed by atoms with E-state index < -0.39 is 11.9 Å². The van der Waals surface area contributed by atoms with Crippen LogP contribution < -0.4 is 0 Å². The average Bonchev–Trinajstić information content (AvgIpc) is 2.46. The van der Waals surface area contributed by atoms with E-state index in [1.54, 1.807) is 30.7 Å². The Kier molecular flexibility index (Phi) is 6.26. The molecule has 0 aromatic rings. The first-order chi connectivity index (χ1) is 9.86. The molecule has 1 unspecified atom stereocenters. The fourth-order valence-electron chi connectivity index (χ4n) is 2.10. The van der Waals surface area contributed by atoms with Crippen molar-refractivity contribution in [2.45, 2.75) is 13.8 Å². The Morgan fingerprint density at radius 1 is 1.19 bits per heavy atom. The highest BCUT2D eigenvalue weighted by Crippen LogP contribution is 2.08. The molecule has 0 saturated carbocycles. The summed E-state index contributed by atoms with van der Waals surface area (Å²) in [7, 11) is 1.58. The molecular weight excluding hydrogens is 278 g/mol. The number of ether oxygens (including phenoxy) is 1. The molecule has 0 aromatic carbocycles. The molecular formula is C13H23N3O5. The van der Waals surface area contributed by atoms with Crippen LogP contribution in [0.1, 0.15) is 13.8 Å². The van der Waals surface area contributed by atoms with Gasteiger partial charge in [-0.25, -0.2) is 9.59 Å². The number of rotatable bonds is 4. The van der Waals surface area contributed by atoms with Crippen molar-refractivity contribution in [3.63, 3.8) is 0 Å². The molecule has 8 heteroatoms. The second-order valence-electron chi connectivity index (χ2n) is 5.08. The molecule has 0 bridgehead atoms. The monoisotopic (exact) mass is 301 g/mol. The van der Waals surface area contributed by atoms with Crippen molar-refractivity contribution in [1.82, 2.24) is 14.7 Å². The van der Waals surface area contributed by atoms with Gasteiger partial charge in [-0.2, -0.15) is 0 Å². The predicted molar refractivity (Wildman–Crippen MR) is 75.0 cm³/mol. The first kappa shape index (κ1) is 17.1. The first-order valence-corrected chi connectivity index (χ1v) is 7.01. The summed E-state index contributed by atoms with van der Waals surface area (Å²) in [6, 6.07) is -0.216. The number of aliphatic carboxylic acids is 1. The summed E-state index contributed by atoms with van der Waals surface area (Å²) in [4.78, 5) is 39.1. The van der Waals surface area contributed by atoms with Gasteiger partial charge in [-0.05, 0) is 6.92 Å². The summed E-state index contributed by atoms with van der Waals surface area (Å²) < 4.78 is 4.91. The number of carbonyl (C=O) groups excluding carboxylic acids is 2. The third kappa shape index (κ3) is 4.80. The van der Waals surface area contributed by atoms with E-state index in [1.807, 2.05) is 0 Å². The molecule has 0 aliphatic carbocycles. The molecule has 1 aliphatic rings. The zero-order chi connectivity index (χ0) is 16.0. The van der Waals surface area contributed by atoms with E-state index in [-0.39, 0.29) is 18.7 Å². The molecule has 120 valence electrons. The molecule has 21 heavy (non-hydrogen) atoms. The summed E-state index contributed by atoms with van der Waals surface area (Å²) >= 11 is 0. The van der Waals surface area contributed by atoms with Crippen LogP contribution in [0.2, 0.25) is 0 Å². The maximum absolute atomic E-state index is 12.2. The van der Waals surface area contributed by atoms with Crippen LogP contribution in [0.25, 0.3) is 0 Å². The van der Waals surface area contributed by atoms with E-state index in [0.29, 0.717) is 32.8 Å². The van der Waals surface area contributed by atoms with E-state index >= 15 is 0 Å². The van der Waals surface area contributed by atoms with Gasteiger partial charge in [-0.15, -0.1) is 0 Å². The molecule has 1 aliphatic heterocycles. The summed E-state index contributed by atoms with van der Waals surface area (Å²) in [6.45, 7) is 5.48. The third-order valence-electron chi connectivity index (χ3n) is 3.37. The van der Waals surface area contributed by atoms with Crippen molar-refractivity contribution in [3.05, 3.63) is 0 Å². The molecule has 1 atom stereocenters. The Hall–Kier alpha value is -1.99. The highest BCUT2D eigenvalue weighted by Gasteiger charge is 2.27. The van der Waals surface area contributed by atoms with E-state index in [1.165, 1.54) is 4.90 Å². The van der Waals surface area contributed by atoms with Crippen LogP contribution in [-0.2, 0) is 9.53 Å². The Morgan fingerprint density at radius 3 is 2.19 bits per heavy atom. The minimum Gasteiger partial charge on any atom is -0.481 e. The lowest BCUT2D eigenvalue weighted by Crippen LogP contribution is -2.54. The van der Waals surface area contributed by atoms with Crippen LogP contribution in [0.4, 0.5) is 9.59 Å². The molecule has 0 spiro atoms. The van der Waals surface area contributed by atoms with Crippen molar-refractivity contribution in [2.24, 2.45) is 5.92 Å². The molecule has 0 aromatic heterocycles. The zero-order valence-electron chi connectivity index (χ0n) is 12.7. The van der Waals surface area contributed by atoms with E-state index in [4.69, 9.17) is 9.84 Å². The molecule has 8 nitrogen and oxygen atoms in total. The van der Waals surface area contributed by atoms with Crippen LogP contribution in [0.15, 0.2) is 0 Å². The maximum Gasteiger partial charge on any atom is 0.409 e. The SMILES string of the molecule is CCOC(=O)N1CCN(C(=O)N(C)CC(C)C(=O)O)CC1. The molecule has 1 N–H and O–H groups in total. The Balaban J connectivity index is 2.44. The van der Waals surface area contributed by atoms with Gasteiger partial charge in [0.05, 0.1) is 12.5 Å². The number of nitrogens with zero attached hydrogens (tertiary/aromatic N) is 3. The van der Waals surface area contributed by atoms with Crippen LogP contribution in [0, 0.1) is 5.92 Å². The molecule has 1 heterocycles. The van der Waals surface area contributed by atoms with E-state index in [2.05, 4.69) is 0 Å². The van der Waals surface area contributed by atoms with Gasteiger partial charge < -0.3 is 24.5 Å². The van der Waals surface area contributed by atoms with Gasteiger partial charge in [0.1, 0.15) is 0 Å². The minimum absolute atomic E-state index is 0.159. The number of carboxylic acids is 1. The second kappa shape index (κ2) is 7.70. The lowest BCUT2D eigenvalue weighted by atomic mass is 10.2. The largest absolute Gasteiger partial charge is 0.481 e. The normalized spacial score (nSPS) is 16.3. The summed E-state index contributed by atoms with van der Waals surface area (Å²) in [5.74, 6) is -1.54. The van der Waals surface area contributed by atoms with Gasteiger partial charge in [0.2, 0.25) is 0 Å². The smallest absolute Gasteiger partial charge is 0.409 e. The number of hydrogen-bond acceptors (Lipinski definition) is 4. The quantitative estimate of drug-likeness (QED) is 0.818. The van der Waals surface area contributed by atoms with Gasteiger partial charge in [0.15, 0.2) is 0 Å². The third-order valence-corrected chi connectivity index (χ3v) is 3.37. The molecule has 3 amide bonds.